The molecule has 1 aliphatic heterocycles. The van der Waals surface area contributed by atoms with E-state index in [9.17, 15) is 4.79 Å². The molecule has 31 heavy (non-hydrogen) atoms. The van der Waals surface area contributed by atoms with Crippen LogP contribution in [0, 0.1) is 18.3 Å². The van der Waals surface area contributed by atoms with Gasteiger partial charge in [-0.15, -0.1) is 11.3 Å². The highest BCUT2D eigenvalue weighted by Gasteiger charge is 2.24. The summed E-state index contributed by atoms with van der Waals surface area (Å²) in [6.07, 6.45) is 2.17. The van der Waals surface area contributed by atoms with Crippen LogP contribution in [-0.2, 0) is 4.74 Å². The van der Waals surface area contributed by atoms with Gasteiger partial charge in [0.2, 0.25) is 0 Å². The van der Waals surface area contributed by atoms with E-state index in [1.807, 2.05) is 26.8 Å². The summed E-state index contributed by atoms with van der Waals surface area (Å²) in [6.45, 7) is 8.92. The third kappa shape index (κ3) is 6.95. The van der Waals surface area contributed by atoms with Gasteiger partial charge in [-0.3, -0.25) is 9.69 Å². The van der Waals surface area contributed by atoms with Crippen molar-refractivity contribution in [3.63, 3.8) is 0 Å². The van der Waals surface area contributed by atoms with Gasteiger partial charge in [-0.25, -0.2) is 15.0 Å². The molecule has 0 unspecified atom stereocenters. The molecule has 0 saturated carbocycles. The van der Waals surface area contributed by atoms with E-state index in [-0.39, 0.29) is 17.9 Å². The lowest BCUT2D eigenvalue weighted by molar-refractivity contribution is 0.0745. The number of carbonyl (C=O) groups is 1. The molecule has 2 aromatic rings. The second-order valence-electron chi connectivity index (χ2n) is 7.82. The van der Waals surface area contributed by atoms with E-state index in [0.29, 0.717) is 36.3 Å². The van der Waals surface area contributed by atoms with Crippen LogP contribution in [0.4, 0.5) is 10.9 Å². The van der Waals surface area contributed by atoms with Gasteiger partial charge < -0.3 is 15.4 Å². The Balaban J connectivity index is 1.62. The number of piperidine rings is 1. The van der Waals surface area contributed by atoms with Gasteiger partial charge in [0.05, 0.1) is 25.3 Å². The number of nitrogens with one attached hydrogen (secondary N) is 2. The number of anilines is 2. The van der Waals surface area contributed by atoms with E-state index in [1.54, 1.807) is 5.38 Å². The molecule has 3 heterocycles. The number of amides is 1. The molecule has 1 amide bonds. The van der Waals surface area contributed by atoms with Crippen molar-refractivity contribution >= 4 is 28.2 Å². The topological polar surface area (TPSA) is 116 Å². The van der Waals surface area contributed by atoms with Crippen molar-refractivity contribution in [1.82, 2.24) is 25.2 Å². The molecular weight excluding hydrogens is 414 g/mol. The van der Waals surface area contributed by atoms with E-state index in [2.05, 4.69) is 31.6 Å². The standard InChI is InChI=1S/C21H29N7O2S/c1-14(2)30-10-7-23-20(29)17-13-31-21(25-17)27-18-11-15(3)24-19(26-18)16-5-4-8-28(12-16)9-6-22/h11,13-14,16H,4-5,7-10,12H2,1-3H3,(H,23,29)(H,24,25,26,27)/t16-/m0/s1. The first kappa shape index (κ1) is 23.1. The van der Waals surface area contributed by atoms with Crippen LogP contribution in [0.1, 0.15) is 54.6 Å². The zero-order valence-electron chi connectivity index (χ0n) is 18.2. The maximum atomic E-state index is 12.3. The molecule has 3 rings (SSSR count). The van der Waals surface area contributed by atoms with Crippen molar-refractivity contribution in [2.45, 2.75) is 45.6 Å². The van der Waals surface area contributed by atoms with Gasteiger partial charge in [0.25, 0.3) is 5.91 Å². The van der Waals surface area contributed by atoms with Gasteiger partial charge in [-0.1, -0.05) is 0 Å². The summed E-state index contributed by atoms with van der Waals surface area (Å²) in [5.74, 6) is 1.42. The largest absolute Gasteiger partial charge is 0.377 e. The van der Waals surface area contributed by atoms with Gasteiger partial charge in [-0.05, 0) is 40.2 Å². The predicted octanol–water partition coefficient (Wildman–Crippen LogP) is 2.84. The Morgan fingerprint density at radius 2 is 2.26 bits per heavy atom. The van der Waals surface area contributed by atoms with Crippen LogP contribution in [0.3, 0.4) is 0 Å². The number of aryl methyl sites for hydroxylation is 1. The minimum Gasteiger partial charge on any atom is -0.377 e. The fraction of sp³-hybridized carbons (Fsp3) is 0.571. The Morgan fingerprint density at radius 3 is 3.03 bits per heavy atom. The lowest BCUT2D eigenvalue weighted by atomic mass is 9.97. The third-order valence-corrected chi connectivity index (χ3v) is 5.60. The van der Waals surface area contributed by atoms with Crippen molar-refractivity contribution in [3.05, 3.63) is 28.7 Å². The SMILES string of the molecule is Cc1cc(Nc2nc(C(=O)NCCOC(C)C)cs2)nc([C@H]2CCCN(CC#N)C2)n1. The molecule has 0 radical (unpaired) electrons. The lowest BCUT2D eigenvalue weighted by Gasteiger charge is -2.30. The number of aromatic nitrogens is 3. The number of nitriles is 1. The van der Waals surface area contributed by atoms with Crippen molar-refractivity contribution in [2.75, 3.05) is 38.1 Å². The summed E-state index contributed by atoms with van der Waals surface area (Å²) in [5.41, 5.74) is 1.23. The number of ether oxygens (including phenoxy) is 1. The Kier molecular flexibility index (Phi) is 8.28. The third-order valence-electron chi connectivity index (χ3n) is 4.85. The number of thiazole rings is 1. The minimum absolute atomic E-state index is 0.135. The highest BCUT2D eigenvalue weighted by Crippen LogP contribution is 2.27. The molecule has 1 atom stereocenters. The van der Waals surface area contributed by atoms with Gasteiger partial charge in [0.15, 0.2) is 5.13 Å². The van der Waals surface area contributed by atoms with Crippen molar-refractivity contribution < 1.29 is 9.53 Å². The van der Waals surface area contributed by atoms with Gasteiger partial charge in [0.1, 0.15) is 17.3 Å². The number of hydrogen-bond acceptors (Lipinski definition) is 9. The van der Waals surface area contributed by atoms with E-state index >= 15 is 0 Å². The average molecular weight is 444 g/mol. The van der Waals surface area contributed by atoms with Gasteiger partial charge in [-0.2, -0.15) is 5.26 Å². The number of rotatable bonds is 9. The minimum atomic E-state index is -0.226. The molecule has 0 spiro atoms. The number of nitrogens with zero attached hydrogens (tertiary/aromatic N) is 5. The molecule has 2 aromatic heterocycles. The molecule has 2 N–H and O–H groups in total. The van der Waals surface area contributed by atoms with Crippen molar-refractivity contribution in [3.8, 4) is 6.07 Å². The molecular formula is C21H29N7O2S. The normalized spacial score (nSPS) is 16.8. The summed E-state index contributed by atoms with van der Waals surface area (Å²) in [4.78, 5) is 28.1. The summed E-state index contributed by atoms with van der Waals surface area (Å²) in [5, 5.41) is 17.3. The quantitative estimate of drug-likeness (QED) is 0.449. The van der Waals surface area contributed by atoms with Crippen LogP contribution in [-0.4, -0.2) is 64.6 Å². The summed E-state index contributed by atoms with van der Waals surface area (Å²) in [6, 6.07) is 4.09. The van der Waals surface area contributed by atoms with Crippen LogP contribution < -0.4 is 10.6 Å². The monoisotopic (exact) mass is 443 g/mol. The lowest BCUT2D eigenvalue weighted by Crippen LogP contribution is -2.35. The second kappa shape index (κ2) is 11.1. The zero-order valence-corrected chi connectivity index (χ0v) is 19.0. The molecule has 0 bridgehead atoms. The summed E-state index contributed by atoms with van der Waals surface area (Å²) < 4.78 is 5.43. The van der Waals surface area contributed by atoms with E-state index < -0.39 is 0 Å². The predicted molar refractivity (Wildman–Crippen MR) is 120 cm³/mol. The molecule has 10 heteroatoms. The van der Waals surface area contributed by atoms with Crippen LogP contribution in [0.5, 0.6) is 0 Å². The zero-order chi connectivity index (χ0) is 22.2. The van der Waals surface area contributed by atoms with E-state index in [1.165, 1.54) is 11.3 Å². The molecule has 0 aliphatic carbocycles. The molecule has 1 saturated heterocycles. The number of hydrogen-bond donors (Lipinski definition) is 2. The average Bonchev–Trinajstić information content (AvgIpc) is 3.19. The van der Waals surface area contributed by atoms with E-state index in [4.69, 9.17) is 15.0 Å². The summed E-state index contributed by atoms with van der Waals surface area (Å²) in [7, 11) is 0. The van der Waals surface area contributed by atoms with Gasteiger partial charge >= 0.3 is 0 Å². The molecule has 1 fully saturated rings. The highest BCUT2D eigenvalue weighted by molar-refractivity contribution is 7.14. The highest BCUT2D eigenvalue weighted by atomic mass is 32.1. The molecule has 166 valence electrons. The number of likely N-dealkylation sites (tertiary alicyclic amines) is 1. The Hall–Kier alpha value is -2.61. The molecule has 9 nitrogen and oxygen atoms in total. The fourth-order valence-electron chi connectivity index (χ4n) is 3.44. The maximum Gasteiger partial charge on any atom is 0.270 e. The molecule has 0 aromatic carbocycles. The van der Waals surface area contributed by atoms with Crippen LogP contribution in [0.15, 0.2) is 11.4 Å². The Bertz CT molecular complexity index is 925. The van der Waals surface area contributed by atoms with E-state index in [0.717, 1.165) is 37.4 Å². The Morgan fingerprint density at radius 1 is 1.42 bits per heavy atom. The smallest absolute Gasteiger partial charge is 0.270 e. The second-order valence-corrected chi connectivity index (χ2v) is 8.68. The van der Waals surface area contributed by atoms with Gasteiger partial charge in [0, 0.05) is 36.1 Å². The van der Waals surface area contributed by atoms with Crippen LogP contribution >= 0.6 is 11.3 Å². The fourth-order valence-corrected chi connectivity index (χ4v) is 4.14. The Labute approximate surface area is 186 Å². The molecule has 1 aliphatic rings. The maximum absolute atomic E-state index is 12.3. The summed E-state index contributed by atoms with van der Waals surface area (Å²) >= 11 is 1.35. The van der Waals surface area contributed by atoms with Crippen LogP contribution in [0.25, 0.3) is 0 Å². The van der Waals surface area contributed by atoms with Crippen LogP contribution in [0.2, 0.25) is 0 Å². The van der Waals surface area contributed by atoms with Crippen molar-refractivity contribution in [2.24, 2.45) is 0 Å². The first-order valence-corrected chi connectivity index (χ1v) is 11.4. The number of carbonyl (C=O) groups excluding carboxylic acids is 1. The first-order chi connectivity index (χ1) is 14.9. The first-order valence-electron chi connectivity index (χ1n) is 10.5. The van der Waals surface area contributed by atoms with Crippen molar-refractivity contribution in [1.29, 1.82) is 5.26 Å².